The van der Waals surface area contributed by atoms with Gasteiger partial charge in [0, 0.05) is 6.04 Å². The molecule has 2 fully saturated rings. The number of hydrogen-bond donors (Lipinski definition) is 1. The minimum absolute atomic E-state index is 0.0235. The Bertz CT molecular complexity index is 216. The molecule has 3 heteroatoms. The highest BCUT2D eigenvalue weighted by Gasteiger charge is 2.38. The van der Waals surface area contributed by atoms with Crippen molar-refractivity contribution in [3.63, 3.8) is 0 Å². The van der Waals surface area contributed by atoms with E-state index in [4.69, 9.17) is 4.74 Å². The van der Waals surface area contributed by atoms with Gasteiger partial charge in [0.05, 0.1) is 6.61 Å². The Kier molecular flexibility index (Phi) is 3.62. The Labute approximate surface area is 91.6 Å². The zero-order chi connectivity index (χ0) is 10.7. The van der Waals surface area contributed by atoms with Gasteiger partial charge < -0.3 is 10.1 Å². The molecule has 0 aromatic heterocycles. The predicted molar refractivity (Wildman–Crippen MR) is 58.5 cm³/mol. The minimum Gasteiger partial charge on any atom is -0.465 e. The van der Waals surface area contributed by atoms with Crippen molar-refractivity contribution in [1.29, 1.82) is 0 Å². The second kappa shape index (κ2) is 4.97. The number of ether oxygens (including phenoxy) is 1. The van der Waals surface area contributed by atoms with Crippen LogP contribution in [-0.4, -0.2) is 24.7 Å². The quantitative estimate of drug-likeness (QED) is 0.724. The molecule has 1 saturated heterocycles. The van der Waals surface area contributed by atoms with E-state index in [9.17, 15) is 4.79 Å². The summed E-state index contributed by atoms with van der Waals surface area (Å²) in [6, 6.07) is 0.558. The summed E-state index contributed by atoms with van der Waals surface area (Å²) >= 11 is 0. The summed E-state index contributed by atoms with van der Waals surface area (Å²) in [6.07, 6.45) is 7.07. The topological polar surface area (TPSA) is 38.3 Å². The van der Waals surface area contributed by atoms with E-state index in [1.54, 1.807) is 0 Å². The number of rotatable bonds is 3. The molecule has 0 amide bonds. The van der Waals surface area contributed by atoms with Crippen LogP contribution in [0.4, 0.5) is 0 Å². The lowest BCUT2D eigenvalue weighted by molar-refractivity contribution is -0.145. The van der Waals surface area contributed by atoms with E-state index in [1.165, 1.54) is 25.7 Å². The maximum Gasteiger partial charge on any atom is 0.323 e. The van der Waals surface area contributed by atoms with Gasteiger partial charge in [0.25, 0.3) is 0 Å². The SMILES string of the molecule is CCCOC(=O)C1CC2CCCCC2N1. The summed E-state index contributed by atoms with van der Waals surface area (Å²) in [6.45, 7) is 2.58. The lowest BCUT2D eigenvalue weighted by Gasteiger charge is -2.24. The minimum atomic E-state index is -0.0359. The summed E-state index contributed by atoms with van der Waals surface area (Å²) in [4.78, 5) is 11.7. The number of esters is 1. The molecular formula is C12H21NO2. The largest absolute Gasteiger partial charge is 0.465 e. The van der Waals surface area contributed by atoms with Crippen molar-refractivity contribution < 1.29 is 9.53 Å². The van der Waals surface area contributed by atoms with E-state index in [0.29, 0.717) is 12.6 Å². The fraction of sp³-hybridized carbons (Fsp3) is 0.917. The smallest absolute Gasteiger partial charge is 0.323 e. The van der Waals surface area contributed by atoms with Gasteiger partial charge >= 0.3 is 5.97 Å². The summed E-state index contributed by atoms with van der Waals surface area (Å²) in [7, 11) is 0. The molecule has 3 unspecified atom stereocenters. The van der Waals surface area contributed by atoms with Gasteiger partial charge in [0.15, 0.2) is 0 Å². The Morgan fingerprint density at radius 1 is 1.40 bits per heavy atom. The first-order chi connectivity index (χ1) is 7.31. The molecular weight excluding hydrogens is 190 g/mol. The van der Waals surface area contributed by atoms with Crippen LogP contribution in [0.5, 0.6) is 0 Å². The first-order valence-electron chi connectivity index (χ1n) is 6.24. The Hall–Kier alpha value is -0.570. The highest BCUT2D eigenvalue weighted by molar-refractivity contribution is 5.76. The highest BCUT2D eigenvalue weighted by atomic mass is 16.5. The van der Waals surface area contributed by atoms with Gasteiger partial charge in [-0.3, -0.25) is 4.79 Å². The first-order valence-corrected chi connectivity index (χ1v) is 6.24. The zero-order valence-corrected chi connectivity index (χ0v) is 9.50. The van der Waals surface area contributed by atoms with Crippen LogP contribution in [0.25, 0.3) is 0 Å². The molecule has 0 radical (unpaired) electrons. The monoisotopic (exact) mass is 211 g/mol. The van der Waals surface area contributed by atoms with Crippen molar-refractivity contribution in [2.75, 3.05) is 6.61 Å². The van der Waals surface area contributed by atoms with E-state index in [0.717, 1.165) is 18.8 Å². The first kappa shape index (κ1) is 10.9. The average Bonchev–Trinajstić information content (AvgIpc) is 2.69. The van der Waals surface area contributed by atoms with Gasteiger partial charge in [-0.2, -0.15) is 0 Å². The lowest BCUT2D eigenvalue weighted by Crippen LogP contribution is -2.38. The Morgan fingerprint density at radius 3 is 2.93 bits per heavy atom. The second-order valence-corrected chi connectivity index (χ2v) is 4.77. The summed E-state index contributed by atoms with van der Waals surface area (Å²) in [5.41, 5.74) is 0. The molecule has 2 rings (SSSR count). The van der Waals surface area contributed by atoms with Crippen LogP contribution in [-0.2, 0) is 9.53 Å². The van der Waals surface area contributed by atoms with Crippen molar-refractivity contribution >= 4 is 5.97 Å². The molecule has 15 heavy (non-hydrogen) atoms. The number of carbonyl (C=O) groups is 1. The maximum absolute atomic E-state index is 11.7. The van der Waals surface area contributed by atoms with Gasteiger partial charge in [0.1, 0.15) is 6.04 Å². The third kappa shape index (κ3) is 2.51. The van der Waals surface area contributed by atoms with Crippen LogP contribution in [0, 0.1) is 5.92 Å². The Balaban J connectivity index is 1.82. The van der Waals surface area contributed by atoms with E-state index in [-0.39, 0.29) is 12.0 Å². The van der Waals surface area contributed by atoms with E-state index in [1.807, 2.05) is 6.92 Å². The van der Waals surface area contributed by atoms with Gasteiger partial charge in [-0.15, -0.1) is 0 Å². The molecule has 1 aliphatic heterocycles. The number of nitrogens with one attached hydrogen (secondary N) is 1. The standard InChI is InChI=1S/C12H21NO2/c1-2-7-15-12(14)11-8-9-5-3-4-6-10(9)13-11/h9-11,13H,2-8H2,1H3. The second-order valence-electron chi connectivity index (χ2n) is 4.77. The van der Waals surface area contributed by atoms with Crippen LogP contribution < -0.4 is 5.32 Å². The molecule has 3 nitrogen and oxygen atoms in total. The third-order valence-corrected chi connectivity index (χ3v) is 3.60. The zero-order valence-electron chi connectivity index (χ0n) is 9.50. The summed E-state index contributed by atoms with van der Waals surface area (Å²) in [5, 5.41) is 3.43. The van der Waals surface area contributed by atoms with Crippen LogP contribution in [0.15, 0.2) is 0 Å². The molecule has 86 valence electrons. The van der Waals surface area contributed by atoms with Crippen LogP contribution in [0.1, 0.15) is 45.4 Å². The molecule has 1 saturated carbocycles. The molecule has 3 atom stereocenters. The van der Waals surface area contributed by atoms with Crippen LogP contribution in [0.2, 0.25) is 0 Å². The van der Waals surface area contributed by atoms with E-state index >= 15 is 0 Å². The molecule has 0 spiro atoms. The number of carbonyl (C=O) groups excluding carboxylic acids is 1. The fourth-order valence-corrected chi connectivity index (χ4v) is 2.81. The molecule has 0 bridgehead atoms. The normalized spacial score (nSPS) is 34.9. The molecule has 0 aromatic carbocycles. The summed E-state index contributed by atoms with van der Waals surface area (Å²) in [5.74, 6) is 0.684. The van der Waals surface area contributed by atoms with Gasteiger partial charge in [-0.05, 0) is 31.6 Å². The molecule has 1 heterocycles. The van der Waals surface area contributed by atoms with Crippen molar-refractivity contribution in [3.05, 3.63) is 0 Å². The molecule has 1 N–H and O–H groups in total. The molecule has 2 aliphatic rings. The predicted octanol–water partition coefficient (Wildman–Crippen LogP) is 1.86. The number of hydrogen-bond acceptors (Lipinski definition) is 3. The lowest BCUT2D eigenvalue weighted by atomic mass is 9.85. The molecule has 0 aromatic rings. The van der Waals surface area contributed by atoms with Crippen LogP contribution >= 0.6 is 0 Å². The van der Waals surface area contributed by atoms with Gasteiger partial charge in [-0.1, -0.05) is 19.8 Å². The summed E-state index contributed by atoms with van der Waals surface area (Å²) < 4.78 is 5.18. The van der Waals surface area contributed by atoms with Gasteiger partial charge in [0.2, 0.25) is 0 Å². The third-order valence-electron chi connectivity index (χ3n) is 3.60. The average molecular weight is 211 g/mol. The Morgan fingerprint density at radius 2 is 2.20 bits per heavy atom. The van der Waals surface area contributed by atoms with Crippen molar-refractivity contribution in [1.82, 2.24) is 5.32 Å². The van der Waals surface area contributed by atoms with E-state index < -0.39 is 0 Å². The highest BCUT2D eigenvalue weighted by Crippen LogP contribution is 2.33. The van der Waals surface area contributed by atoms with Crippen molar-refractivity contribution in [2.45, 2.75) is 57.5 Å². The van der Waals surface area contributed by atoms with Gasteiger partial charge in [-0.25, -0.2) is 0 Å². The fourth-order valence-electron chi connectivity index (χ4n) is 2.81. The number of fused-ring (bicyclic) bond motifs is 1. The maximum atomic E-state index is 11.7. The molecule has 1 aliphatic carbocycles. The van der Waals surface area contributed by atoms with Crippen LogP contribution in [0.3, 0.4) is 0 Å². The van der Waals surface area contributed by atoms with E-state index in [2.05, 4.69) is 5.32 Å². The van der Waals surface area contributed by atoms with Crippen molar-refractivity contribution in [3.8, 4) is 0 Å². The van der Waals surface area contributed by atoms with Crippen molar-refractivity contribution in [2.24, 2.45) is 5.92 Å².